The van der Waals surface area contributed by atoms with Crippen molar-refractivity contribution in [2.75, 3.05) is 30.3 Å². The highest BCUT2D eigenvalue weighted by Gasteiger charge is 2.21. The Kier molecular flexibility index (Phi) is 6.47. The average Bonchev–Trinajstić information content (AvgIpc) is 2.89. The summed E-state index contributed by atoms with van der Waals surface area (Å²) < 4.78 is 5.90. The Morgan fingerprint density at radius 1 is 1.14 bits per heavy atom. The molecule has 8 heteroatoms. The number of carbonyl (C=O) groups excluding carboxylic acids is 1. The fraction of sp³-hybridized carbons (Fsp3) is 0.185. The predicted molar refractivity (Wildman–Crippen MR) is 138 cm³/mol. The SMILES string of the molecule is C=C(C)C(=O)Nc1cccc(-c2cccc3cnc(Nc4cccnc4C4CNCCO4)nc23)c1. The Morgan fingerprint density at radius 3 is 2.86 bits per heavy atom. The molecule has 176 valence electrons. The molecule has 1 saturated heterocycles. The summed E-state index contributed by atoms with van der Waals surface area (Å²) in [6.07, 6.45) is 3.42. The van der Waals surface area contributed by atoms with E-state index in [2.05, 4.69) is 32.5 Å². The van der Waals surface area contributed by atoms with E-state index in [-0.39, 0.29) is 12.0 Å². The standard InChI is InChI=1S/C27H26N6O2/c1-17(2)26(34)31-20-8-3-6-18(14-20)21-9-4-7-19-15-30-27(33-24(19)21)32-22-10-5-11-29-25(22)23-16-28-12-13-35-23/h3-11,14-15,23,28H,1,12-13,16H2,2H3,(H,31,34)(H,30,32,33). The van der Waals surface area contributed by atoms with Crippen molar-refractivity contribution in [3.63, 3.8) is 0 Å². The third-order valence-corrected chi connectivity index (χ3v) is 5.75. The number of carbonyl (C=O) groups is 1. The van der Waals surface area contributed by atoms with Crippen molar-refractivity contribution in [3.8, 4) is 11.1 Å². The molecule has 8 nitrogen and oxygen atoms in total. The van der Waals surface area contributed by atoms with Gasteiger partial charge in [0.05, 0.1) is 23.5 Å². The van der Waals surface area contributed by atoms with E-state index < -0.39 is 0 Å². The van der Waals surface area contributed by atoms with Crippen LogP contribution in [0.1, 0.15) is 18.7 Å². The molecule has 0 saturated carbocycles. The molecule has 3 N–H and O–H groups in total. The van der Waals surface area contributed by atoms with Gasteiger partial charge in [0.15, 0.2) is 0 Å². The molecule has 0 aliphatic carbocycles. The molecule has 0 radical (unpaired) electrons. The highest BCUT2D eigenvalue weighted by molar-refractivity contribution is 6.03. The molecule has 2 aromatic heterocycles. The maximum atomic E-state index is 12.1. The molecule has 3 heterocycles. The molecular formula is C27H26N6O2. The number of para-hydroxylation sites is 1. The molecule has 4 aromatic rings. The second kappa shape index (κ2) is 10.0. The number of pyridine rings is 1. The average molecular weight is 467 g/mol. The van der Waals surface area contributed by atoms with Crippen LogP contribution >= 0.6 is 0 Å². The van der Waals surface area contributed by atoms with Crippen LogP contribution in [0.2, 0.25) is 0 Å². The lowest BCUT2D eigenvalue weighted by Crippen LogP contribution is -2.34. The fourth-order valence-electron chi connectivity index (χ4n) is 3.99. The molecule has 1 aliphatic heterocycles. The van der Waals surface area contributed by atoms with Crippen LogP contribution in [0, 0.1) is 0 Å². The van der Waals surface area contributed by atoms with Gasteiger partial charge in [-0.25, -0.2) is 9.97 Å². The third kappa shape index (κ3) is 5.03. The number of nitrogens with zero attached hydrogens (tertiary/aromatic N) is 3. The van der Waals surface area contributed by atoms with Crippen LogP contribution in [0.15, 0.2) is 79.1 Å². The lowest BCUT2D eigenvalue weighted by molar-refractivity contribution is -0.112. The number of rotatable bonds is 6. The lowest BCUT2D eigenvalue weighted by Gasteiger charge is -2.24. The minimum Gasteiger partial charge on any atom is -0.369 e. The van der Waals surface area contributed by atoms with Crippen LogP contribution in [0.3, 0.4) is 0 Å². The largest absolute Gasteiger partial charge is 0.369 e. The first-order valence-electron chi connectivity index (χ1n) is 11.5. The Labute approximate surface area is 203 Å². The van der Waals surface area contributed by atoms with Gasteiger partial charge < -0.3 is 20.7 Å². The van der Waals surface area contributed by atoms with Crippen LogP contribution in [0.5, 0.6) is 0 Å². The van der Waals surface area contributed by atoms with Gasteiger partial charge in [-0.15, -0.1) is 0 Å². The predicted octanol–water partition coefficient (Wildman–Crippen LogP) is 4.61. The van der Waals surface area contributed by atoms with E-state index in [1.807, 2.05) is 54.6 Å². The number of anilines is 3. The second-order valence-corrected chi connectivity index (χ2v) is 8.38. The van der Waals surface area contributed by atoms with E-state index in [1.165, 1.54) is 0 Å². The van der Waals surface area contributed by atoms with E-state index in [9.17, 15) is 4.79 Å². The minimum atomic E-state index is -0.210. The summed E-state index contributed by atoms with van der Waals surface area (Å²) in [7, 11) is 0. The molecule has 1 atom stereocenters. The first-order valence-corrected chi connectivity index (χ1v) is 11.5. The summed E-state index contributed by atoms with van der Waals surface area (Å²) in [5, 5.41) is 10.5. The van der Waals surface area contributed by atoms with Crippen molar-refractivity contribution in [3.05, 3.63) is 84.8 Å². The van der Waals surface area contributed by atoms with E-state index >= 15 is 0 Å². The van der Waals surface area contributed by atoms with Gasteiger partial charge >= 0.3 is 0 Å². The van der Waals surface area contributed by atoms with Crippen molar-refractivity contribution in [1.82, 2.24) is 20.3 Å². The van der Waals surface area contributed by atoms with E-state index in [0.29, 0.717) is 30.4 Å². The van der Waals surface area contributed by atoms with Crippen molar-refractivity contribution < 1.29 is 9.53 Å². The van der Waals surface area contributed by atoms with Crippen molar-refractivity contribution >= 4 is 34.1 Å². The first-order chi connectivity index (χ1) is 17.1. The van der Waals surface area contributed by atoms with Gasteiger partial charge in [0.2, 0.25) is 5.95 Å². The van der Waals surface area contributed by atoms with Gasteiger partial charge in [-0.3, -0.25) is 9.78 Å². The Bertz CT molecular complexity index is 1400. The van der Waals surface area contributed by atoms with Gasteiger partial charge in [0, 0.05) is 47.7 Å². The summed E-state index contributed by atoms with van der Waals surface area (Å²) in [5.41, 5.74) is 5.44. The second-order valence-electron chi connectivity index (χ2n) is 8.38. The molecule has 1 fully saturated rings. The summed E-state index contributed by atoms with van der Waals surface area (Å²) >= 11 is 0. The normalized spacial score (nSPS) is 15.5. The number of ether oxygens (including phenoxy) is 1. The summed E-state index contributed by atoms with van der Waals surface area (Å²) in [6.45, 7) is 7.56. The Morgan fingerprint density at radius 2 is 2.03 bits per heavy atom. The zero-order valence-electron chi connectivity index (χ0n) is 19.4. The number of aromatic nitrogens is 3. The minimum absolute atomic E-state index is 0.138. The van der Waals surface area contributed by atoms with Crippen LogP contribution in [0.25, 0.3) is 22.0 Å². The van der Waals surface area contributed by atoms with Crippen molar-refractivity contribution in [1.29, 1.82) is 0 Å². The molecule has 5 rings (SSSR count). The van der Waals surface area contributed by atoms with Crippen LogP contribution in [0.4, 0.5) is 17.3 Å². The number of nitrogens with one attached hydrogen (secondary N) is 3. The van der Waals surface area contributed by atoms with E-state index in [4.69, 9.17) is 9.72 Å². The summed E-state index contributed by atoms with van der Waals surface area (Å²) in [6, 6.07) is 17.5. The maximum Gasteiger partial charge on any atom is 0.250 e. The number of hydrogen-bond donors (Lipinski definition) is 3. The zero-order valence-corrected chi connectivity index (χ0v) is 19.4. The molecular weight excluding hydrogens is 440 g/mol. The number of fused-ring (bicyclic) bond motifs is 1. The zero-order chi connectivity index (χ0) is 24.2. The molecule has 0 spiro atoms. The number of morpholine rings is 1. The molecule has 35 heavy (non-hydrogen) atoms. The Hall–Kier alpha value is -4.14. The third-order valence-electron chi connectivity index (χ3n) is 5.75. The van der Waals surface area contributed by atoms with E-state index in [0.717, 1.165) is 40.0 Å². The number of amides is 1. The van der Waals surface area contributed by atoms with Crippen LogP contribution < -0.4 is 16.0 Å². The fourth-order valence-corrected chi connectivity index (χ4v) is 3.99. The highest BCUT2D eigenvalue weighted by Crippen LogP contribution is 2.31. The topological polar surface area (TPSA) is 101 Å². The van der Waals surface area contributed by atoms with Crippen molar-refractivity contribution in [2.24, 2.45) is 0 Å². The lowest BCUT2D eigenvalue weighted by atomic mass is 10.0. The van der Waals surface area contributed by atoms with Gasteiger partial charge in [0.1, 0.15) is 6.10 Å². The van der Waals surface area contributed by atoms with Gasteiger partial charge in [-0.05, 0) is 36.8 Å². The monoisotopic (exact) mass is 466 g/mol. The Balaban J connectivity index is 1.49. The van der Waals surface area contributed by atoms with Crippen LogP contribution in [-0.2, 0) is 9.53 Å². The van der Waals surface area contributed by atoms with Gasteiger partial charge in [-0.2, -0.15) is 0 Å². The van der Waals surface area contributed by atoms with Gasteiger partial charge in [-0.1, -0.05) is 36.9 Å². The molecule has 1 amide bonds. The smallest absolute Gasteiger partial charge is 0.250 e. The highest BCUT2D eigenvalue weighted by atomic mass is 16.5. The van der Waals surface area contributed by atoms with E-state index in [1.54, 1.807) is 19.3 Å². The maximum absolute atomic E-state index is 12.1. The quantitative estimate of drug-likeness (QED) is 0.357. The molecule has 1 unspecified atom stereocenters. The first kappa shape index (κ1) is 22.6. The summed E-state index contributed by atoms with van der Waals surface area (Å²) in [5.74, 6) is 0.257. The van der Waals surface area contributed by atoms with Gasteiger partial charge in [0.25, 0.3) is 5.91 Å². The molecule has 1 aliphatic rings. The molecule has 2 aromatic carbocycles. The summed E-state index contributed by atoms with van der Waals surface area (Å²) in [4.78, 5) is 26.0. The number of hydrogen-bond acceptors (Lipinski definition) is 7. The van der Waals surface area contributed by atoms with Crippen LogP contribution in [-0.4, -0.2) is 40.6 Å². The van der Waals surface area contributed by atoms with Crippen molar-refractivity contribution in [2.45, 2.75) is 13.0 Å². The number of benzene rings is 2. The molecule has 0 bridgehead atoms.